The molecule has 0 rings (SSSR count). The molecule has 0 aromatic rings. The van der Waals surface area contributed by atoms with Crippen molar-refractivity contribution in [1.29, 1.82) is 0 Å². The topological polar surface area (TPSA) is 26.3 Å². The van der Waals surface area contributed by atoms with Gasteiger partial charge in [-0.1, -0.05) is 0 Å². The Hall–Kier alpha value is 0.443. The Labute approximate surface area is 66.1 Å². The first-order chi connectivity index (χ1) is 2.27. The monoisotopic (exact) mass is 217 g/mol. The minimum atomic E-state index is -0.495. The normalized spacial score (nSPS) is 4.71. The zero-order valence-electron chi connectivity index (χ0n) is 4.14. The summed E-state index contributed by atoms with van der Waals surface area (Å²) in [5, 5.41) is 0. The third-order valence-electron chi connectivity index (χ3n) is 0.228. The summed E-state index contributed by atoms with van der Waals surface area (Å²) in [6.45, 7) is 2.90. The van der Waals surface area contributed by atoms with Crippen LogP contribution in [0.3, 0.4) is 0 Å². The maximum atomic E-state index is 9.48. The average molecular weight is 219 g/mol. The summed E-state index contributed by atoms with van der Waals surface area (Å²) in [6.07, 6.45) is 0. The van der Waals surface area contributed by atoms with Crippen LogP contribution in [-0.4, -0.2) is 13.1 Å². The Balaban J connectivity index is -0.0000000800. The molecule has 4 heteroatoms. The third kappa shape index (κ3) is 21.3. The fraction of sp³-hybridized carbons (Fsp3) is 0.333. The van der Waals surface area contributed by atoms with E-state index in [9.17, 15) is 4.79 Å². The Kier molecular flexibility index (Phi) is 21.6. The van der Waals surface area contributed by atoms with Crippen molar-refractivity contribution in [3.63, 3.8) is 0 Å². The van der Waals surface area contributed by atoms with Gasteiger partial charge in [-0.3, -0.25) is 11.7 Å². The van der Waals surface area contributed by atoms with Crippen molar-refractivity contribution in [2.45, 2.75) is 0 Å². The standard InChI is InChI=1S/C3H5O2.BrH.Zn/c1-3(4)5-2;;/h1H2,2H3;1H;/q-1;;. The summed E-state index contributed by atoms with van der Waals surface area (Å²) in [5.74, 6) is -0.495. The molecule has 7 heavy (non-hydrogen) atoms. The van der Waals surface area contributed by atoms with Crippen molar-refractivity contribution in [3.05, 3.63) is 6.92 Å². The molecule has 0 atom stereocenters. The Morgan fingerprint density at radius 1 is 1.71 bits per heavy atom. The molecular weight excluding hydrogens is 213 g/mol. The molecule has 0 aromatic carbocycles. The molecule has 0 unspecified atom stereocenters. The first-order valence-corrected chi connectivity index (χ1v) is 1.17. The molecule has 0 saturated heterocycles. The van der Waals surface area contributed by atoms with Crippen LogP contribution >= 0.6 is 17.0 Å². The van der Waals surface area contributed by atoms with Gasteiger partial charge in [0, 0.05) is 19.5 Å². The second kappa shape index (κ2) is 9.67. The van der Waals surface area contributed by atoms with E-state index in [1.54, 1.807) is 0 Å². The van der Waals surface area contributed by atoms with Gasteiger partial charge in [-0.05, 0) is 0 Å². The Morgan fingerprint density at radius 2 is 1.86 bits per heavy atom. The maximum absolute atomic E-state index is 9.48. The van der Waals surface area contributed by atoms with E-state index in [1.807, 2.05) is 0 Å². The molecule has 0 saturated carbocycles. The Bertz CT molecular complexity index is 48.2. The van der Waals surface area contributed by atoms with Crippen molar-refractivity contribution >= 4 is 23.0 Å². The summed E-state index contributed by atoms with van der Waals surface area (Å²) in [6, 6.07) is 0. The van der Waals surface area contributed by atoms with Gasteiger partial charge in [0.25, 0.3) is 0 Å². The molecule has 0 spiro atoms. The number of hydrogen-bond donors (Lipinski definition) is 0. The fourth-order valence-corrected chi connectivity index (χ4v) is 0. The zero-order chi connectivity index (χ0) is 4.28. The molecule has 2 nitrogen and oxygen atoms in total. The molecule has 0 heterocycles. The minimum absolute atomic E-state index is 0. The first kappa shape index (κ1) is 15.7. The summed E-state index contributed by atoms with van der Waals surface area (Å²) in [5.41, 5.74) is 0. The van der Waals surface area contributed by atoms with Crippen LogP contribution in [0.15, 0.2) is 0 Å². The van der Waals surface area contributed by atoms with Crippen LogP contribution in [0.1, 0.15) is 0 Å². The molecule has 0 fully saturated rings. The van der Waals surface area contributed by atoms with Crippen LogP contribution in [-0.2, 0) is 29.0 Å². The smallest absolute Gasteiger partial charge is 0.164 e. The quantitative estimate of drug-likeness (QED) is 0.338. The number of hydrogen-bond acceptors (Lipinski definition) is 2. The number of halogens is 1. The molecule has 0 aromatic heterocycles. The van der Waals surface area contributed by atoms with E-state index in [4.69, 9.17) is 0 Å². The third-order valence-corrected chi connectivity index (χ3v) is 0.228. The molecule has 40 valence electrons. The molecule has 0 radical (unpaired) electrons. The van der Waals surface area contributed by atoms with Crippen molar-refractivity contribution in [1.82, 2.24) is 0 Å². The second-order valence-electron chi connectivity index (χ2n) is 0.576. The van der Waals surface area contributed by atoms with Crippen molar-refractivity contribution in [3.8, 4) is 0 Å². The van der Waals surface area contributed by atoms with Gasteiger partial charge in [0.2, 0.25) is 0 Å². The Morgan fingerprint density at radius 3 is 1.86 bits per heavy atom. The van der Waals surface area contributed by atoms with Crippen LogP contribution in [0.5, 0.6) is 0 Å². The van der Waals surface area contributed by atoms with Gasteiger partial charge in [-0.2, -0.15) is 0 Å². The van der Waals surface area contributed by atoms with E-state index in [2.05, 4.69) is 11.7 Å². The van der Waals surface area contributed by atoms with E-state index in [1.165, 1.54) is 7.11 Å². The summed E-state index contributed by atoms with van der Waals surface area (Å²) >= 11 is 0. The number of carbonyl (C=O) groups is 1. The number of carbonyl (C=O) groups excluding carboxylic acids is 1. The van der Waals surface area contributed by atoms with Gasteiger partial charge in [0.05, 0.1) is 7.11 Å². The summed E-state index contributed by atoms with van der Waals surface area (Å²) in [4.78, 5) is 9.48. The number of esters is 1. The van der Waals surface area contributed by atoms with Crippen molar-refractivity contribution < 1.29 is 29.0 Å². The molecule has 0 bridgehead atoms. The second-order valence-corrected chi connectivity index (χ2v) is 0.576. The summed E-state index contributed by atoms with van der Waals surface area (Å²) < 4.78 is 4.00. The fourth-order valence-electron chi connectivity index (χ4n) is 0. The minimum Gasteiger partial charge on any atom is -0.492 e. The van der Waals surface area contributed by atoms with Crippen LogP contribution in [0.2, 0.25) is 0 Å². The van der Waals surface area contributed by atoms with Crippen LogP contribution in [0, 0.1) is 6.92 Å². The SMILES string of the molecule is Br.[CH2-]C(=O)OC.[Zn]. The largest absolute Gasteiger partial charge is 0.492 e. The molecular formula is C3H6BrO2Zn-. The summed E-state index contributed by atoms with van der Waals surface area (Å²) in [7, 11) is 1.29. The molecule has 0 aliphatic heterocycles. The predicted octanol–water partition coefficient (Wildman–Crippen LogP) is 0.569. The average Bonchev–Trinajstić information content (AvgIpc) is 1.38. The molecule has 0 aliphatic carbocycles. The predicted molar refractivity (Wildman–Crippen MR) is 27.7 cm³/mol. The van der Waals surface area contributed by atoms with Crippen molar-refractivity contribution in [2.24, 2.45) is 0 Å². The number of rotatable bonds is 0. The van der Waals surface area contributed by atoms with Crippen LogP contribution in [0.25, 0.3) is 0 Å². The van der Waals surface area contributed by atoms with E-state index in [-0.39, 0.29) is 36.5 Å². The van der Waals surface area contributed by atoms with Gasteiger partial charge >= 0.3 is 0 Å². The number of ether oxygens (including phenoxy) is 1. The van der Waals surface area contributed by atoms with E-state index in [0.29, 0.717) is 0 Å². The van der Waals surface area contributed by atoms with Crippen molar-refractivity contribution in [2.75, 3.05) is 7.11 Å². The van der Waals surface area contributed by atoms with Gasteiger partial charge in [0.15, 0.2) is 5.97 Å². The molecule has 0 N–H and O–H groups in total. The van der Waals surface area contributed by atoms with Gasteiger partial charge < -0.3 is 4.74 Å². The maximum Gasteiger partial charge on any atom is 0.164 e. The first-order valence-electron chi connectivity index (χ1n) is 1.17. The van der Waals surface area contributed by atoms with Gasteiger partial charge in [-0.15, -0.1) is 17.0 Å². The van der Waals surface area contributed by atoms with Crippen LogP contribution < -0.4 is 0 Å². The van der Waals surface area contributed by atoms with E-state index < -0.39 is 5.97 Å². The van der Waals surface area contributed by atoms with Gasteiger partial charge in [-0.25, -0.2) is 0 Å². The molecule has 0 amide bonds. The number of methoxy groups -OCH3 is 1. The van der Waals surface area contributed by atoms with Crippen LogP contribution in [0.4, 0.5) is 0 Å². The zero-order valence-corrected chi connectivity index (χ0v) is 8.82. The van der Waals surface area contributed by atoms with E-state index in [0.717, 1.165) is 0 Å². The van der Waals surface area contributed by atoms with Gasteiger partial charge in [0.1, 0.15) is 0 Å². The van der Waals surface area contributed by atoms with E-state index >= 15 is 0 Å². The molecule has 0 aliphatic rings.